The molecule has 2 rings (SSSR count). The zero-order valence-electron chi connectivity index (χ0n) is 6.34. The second-order valence-corrected chi connectivity index (χ2v) is 3.04. The maximum Gasteiger partial charge on any atom is 0.154 e. The van der Waals surface area contributed by atoms with Gasteiger partial charge in [0.05, 0.1) is 7.11 Å². The van der Waals surface area contributed by atoms with E-state index in [1.807, 2.05) is 0 Å². The largest absolute Gasteiger partial charge is 0.494 e. The van der Waals surface area contributed by atoms with E-state index in [2.05, 4.69) is 31.1 Å². The highest BCUT2D eigenvalue weighted by Crippen LogP contribution is 2.25. The summed E-state index contributed by atoms with van der Waals surface area (Å²) in [5, 5.41) is 6.81. The Bertz CT molecular complexity index is 412. The number of halogens is 1. The Hall–Kier alpha value is -1.10. The molecule has 0 aromatic carbocycles. The minimum atomic E-state index is 0.724. The van der Waals surface area contributed by atoms with Crippen LogP contribution in [0.1, 0.15) is 0 Å². The number of aromatic nitrogens is 3. The van der Waals surface area contributed by atoms with Gasteiger partial charge in [0.2, 0.25) is 0 Å². The molecule has 0 fully saturated rings. The molecular weight excluding hydrogens is 222 g/mol. The monoisotopic (exact) mass is 227 g/mol. The summed E-state index contributed by atoms with van der Waals surface area (Å²) < 4.78 is 5.87. The summed E-state index contributed by atoms with van der Waals surface area (Å²) in [6.07, 6.45) is 1.68. The summed E-state index contributed by atoms with van der Waals surface area (Å²) in [7, 11) is 1.61. The van der Waals surface area contributed by atoms with Gasteiger partial charge in [0.1, 0.15) is 15.9 Å². The first-order valence-electron chi connectivity index (χ1n) is 3.35. The zero-order valence-corrected chi connectivity index (χ0v) is 7.92. The van der Waals surface area contributed by atoms with Crippen LogP contribution in [-0.4, -0.2) is 22.3 Å². The molecule has 2 aromatic rings. The average Bonchev–Trinajstić information content (AvgIpc) is 2.48. The maximum absolute atomic E-state index is 5.10. The minimum Gasteiger partial charge on any atom is -0.494 e. The average molecular weight is 228 g/mol. The number of fused-ring (bicyclic) bond motifs is 1. The van der Waals surface area contributed by atoms with Crippen LogP contribution >= 0.6 is 15.9 Å². The number of pyridine rings is 1. The van der Waals surface area contributed by atoms with Crippen LogP contribution in [-0.2, 0) is 0 Å². The van der Waals surface area contributed by atoms with Crippen LogP contribution in [0.3, 0.4) is 0 Å². The van der Waals surface area contributed by atoms with Gasteiger partial charge < -0.3 is 4.74 Å². The van der Waals surface area contributed by atoms with Crippen molar-refractivity contribution in [1.29, 1.82) is 0 Å². The molecule has 2 heterocycles. The second-order valence-electron chi connectivity index (χ2n) is 2.25. The van der Waals surface area contributed by atoms with E-state index in [0.29, 0.717) is 0 Å². The number of rotatable bonds is 1. The van der Waals surface area contributed by atoms with Crippen molar-refractivity contribution in [2.75, 3.05) is 7.11 Å². The number of methoxy groups -OCH3 is 1. The maximum atomic E-state index is 5.10. The van der Waals surface area contributed by atoms with Gasteiger partial charge in [0.15, 0.2) is 5.52 Å². The van der Waals surface area contributed by atoms with Crippen LogP contribution in [0.5, 0.6) is 5.75 Å². The van der Waals surface area contributed by atoms with Crippen LogP contribution < -0.4 is 4.74 Å². The van der Waals surface area contributed by atoms with Gasteiger partial charge in [0, 0.05) is 12.3 Å². The topological polar surface area (TPSA) is 50.8 Å². The van der Waals surface area contributed by atoms with E-state index in [-0.39, 0.29) is 0 Å². The summed E-state index contributed by atoms with van der Waals surface area (Å²) >= 11 is 3.29. The Balaban J connectivity index is 2.81. The summed E-state index contributed by atoms with van der Waals surface area (Å²) in [6, 6.07) is 1.77. The van der Waals surface area contributed by atoms with Gasteiger partial charge in [-0.3, -0.25) is 10.1 Å². The Morgan fingerprint density at radius 3 is 3.08 bits per heavy atom. The van der Waals surface area contributed by atoms with E-state index in [1.54, 1.807) is 19.4 Å². The predicted octanol–water partition coefficient (Wildman–Crippen LogP) is 1.73. The summed E-state index contributed by atoms with van der Waals surface area (Å²) in [5.74, 6) is 0.724. The first-order chi connectivity index (χ1) is 5.83. The number of H-pyrrole nitrogens is 1. The molecule has 12 heavy (non-hydrogen) atoms. The molecule has 0 amide bonds. The highest BCUT2D eigenvalue weighted by Gasteiger charge is 2.07. The SMILES string of the molecule is COc1ccnc2c(Br)[nH]nc12. The fraction of sp³-hybridized carbons (Fsp3) is 0.143. The van der Waals surface area contributed by atoms with E-state index in [1.165, 1.54) is 0 Å². The van der Waals surface area contributed by atoms with Crippen LogP contribution in [0.4, 0.5) is 0 Å². The van der Waals surface area contributed by atoms with Gasteiger partial charge >= 0.3 is 0 Å². The first kappa shape index (κ1) is 7.54. The molecule has 62 valence electrons. The van der Waals surface area contributed by atoms with Crippen molar-refractivity contribution in [1.82, 2.24) is 15.2 Å². The lowest BCUT2D eigenvalue weighted by atomic mass is 10.4. The van der Waals surface area contributed by atoms with Crippen LogP contribution in [0.25, 0.3) is 11.0 Å². The van der Waals surface area contributed by atoms with Gasteiger partial charge in [-0.2, -0.15) is 5.10 Å². The van der Waals surface area contributed by atoms with E-state index in [0.717, 1.165) is 21.4 Å². The van der Waals surface area contributed by atoms with Crippen molar-refractivity contribution in [2.24, 2.45) is 0 Å². The Morgan fingerprint density at radius 1 is 1.50 bits per heavy atom. The minimum absolute atomic E-state index is 0.724. The molecule has 4 nitrogen and oxygen atoms in total. The molecular formula is C7H6BrN3O. The number of ether oxygens (including phenoxy) is 1. The third kappa shape index (κ3) is 0.972. The quantitative estimate of drug-likeness (QED) is 0.808. The van der Waals surface area contributed by atoms with Crippen molar-refractivity contribution in [2.45, 2.75) is 0 Å². The standard InChI is InChI=1S/C7H6BrN3O/c1-12-4-2-3-9-6-5(4)10-11-7(6)8/h2-3H,1H3,(H,10,11). The Kier molecular flexibility index (Phi) is 1.73. The van der Waals surface area contributed by atoms with Gasteiger partial charge in [-0.25, -0.2) is 0 Å². The van der Waals surface area contributed by atoms with E-state index < -0.39 is 0 Å². The fourth-order valence-electron chi connectivity index (χ4n) is 1.03. The number of hydrogen-bond donors (Lipinski definition) is 1. The zero-order chi connectivity index (χ0) is 8.55. The summed E-state index contributed by atoms with van der Waals surface area (Å²) in [6.45, 7) is 0. The van der Waals surface area contributed by atoms with Crippen LogP contribution in [0.15, 0.2) is 16.9 Å². The number of nitrogens with zero attached hydrogens (tertiary/aromatic N) is 2. The molecule has 1 N–H and O–H groups in total. The van der Waals surface area contributed by atoms with E-state index in [9.17, 15) is 0 Å². The molecule has 0 aliphatic heterocycles. The molecule has 0 saturated carbocycles. The van der Waals surface area contributed by atoms with Gasteiger partial charge in [-0.15, -0.1) is 0 Å². The number of aromatic amines is 1. The van der Waals surface area contributed by atoms with E-state index >= 15 is 0 Å². The van der Waals surface area contributed by atoms with Crippen LogP contribution in [0, 0.1) is 0 Å². The highest BCUT2D eigenvalue weighted by atomic mass is 79.9. The smallest absolute Gasteiger partial charge is 0.154 e. The van der Waals surface area contributed by atoms with Crippen LogP contribution in [0.2, 0.25) is 0 Å². The molecule has 5 heteroatoms. The lowest BCUT2D eigenvalue weighted by molar-refractivity contribution is 0.418. The van der Waals surface area contributed by atoms with Gasteiger partial charge in [0.25, 0.3) is 0 Å². The predicted molar refractivity (Wildman–Crippen MR) is 48.1 cm³/mol. The fourth-order valence-corrected chi connectivity index (χ4v) is 1.41. The van der Waals surface area contributed by atoms with Gasteiger partial charge in [-0.1, -0.05) is 0 Å². The normalized spacial score (nSPS) is 10.5. The highest BCUT2D eigenvalue weighted by molar-refractivity contribution is 9.10. The first-order valence-corrected chi connectivity index (χ1v) is 4.15. The lowest BCUT2D eigenvalue weighted by Gasteiger charge is -1.97. The summed E-state index contributed by atoms with van der Waals surface area (Å²) in [4.78, 5) is 4.13. The van der Waals surface area contributed by atoms with Crippen molar-refractivity contribution in [3.63, 3.8) is 0 Å². The van der Waals surface area contributed by atoms with Crippen molar-refractivity contribution in [3.05, 3.63) is 16.9 Å². The molecule has 0 spiro atoms. The third-order valence-electron chi connectivity index (χ3n) is 1.58. The van der Waals surface area contributed by atoms with Crippen molar-refractivity contribution < 1.29 is 4.74 Å². The summed E-state index contributed by atoms with van der Waals surface area (Å²) in [5.41, 5.74) is 1.53. The number of hydrogen-bond acceptors (Lipinski definition) is 3. The second kappa shape index (κ2) is 2.75. The molecule has 2 aromatic heterocycles. The molecule has 0 unspecified atom stereocenters. The molecule has 0 aliphatic carbocycles. The molecule has 0 bridgehead atoms. The molecule has 0 saturated heterocycles. The van der Waals surface area contributed by atoms with Gasteiger partial charge in [-0.05, 0) is 15.9 Å². The Labute approximate surface area is 77.1 Å². The number of nitrogens with one attached hydrogen (secondary N) is 1. The van der Waals surface area contributed by atoms with Crippen molar-refractivity contribution in [3.8, 4) is 5.75 Å². The van der Waals surface area contributed by atoms with Crippen molar-refractivity contribution >= 4 is 27.0 Å². The Morgan fingerprint density at radius 2 is 2.33 bits per heavy atom. The third-order valence-corrected chi connectivity index (χ3v) is 2.13. The van der Waals surface area contributed by atoms with E-state index in [4.69, 9.17) is 4.74 Å². The molecule has 0 aliphatic rings. The molecule has 0 atom stereocenters. The molecule has 0 radical (unpaired) electrons. The lowest BCUT2D eigenvalue weighted by Crippen LogP contribution is -1.85.